The van der Waals surface area contributed by atoms with Crippen LogP contribution in [-0.2, 0) is 10.2 Å². The second-order valence-corrected chi connectivity index (χ2v) is 7.46. The summed E-state index contributed by atoms with van der Waals surface area (Å²) in [4.78, 5) is 11.9. The van der Waals surface area contributed by atoms with Crippen LogP contribution >= 0.6 is 0 Å². The number of fused-ring (bicyclic) bond motifs is 1. The Kier molecular flexibility index (Phi) is 5.55. The molecular weight excluding hydrogens is 336 g/mol. The highest BCUT2D eigenvalue weighted by atomic mass is 16.5. The summed E-state index contributed by atoms with van der Waals surface area (Å²) in [6, 6.07) is 21.9. The third-order valence-electron chi connectivity index (χ3n) is 4.27. The minimum absolute atomic E-state index is 0.0794. The van der Waals surface area contributed by atoms with Crippen molar-refractivity contribution >= 4 is 22.9 Å². The number of hydrazone groups is 1. The van der Waals surface area contributed by atoms with Gasteiger partial charge in [-0.15, -0.1) is 0 Å². The first kappa shape index (κ1) is 18.6. The van der Waals surface area contributed by atoms with Crippen LogP contribution in [0.1, 0.15) is 31.9 Å². The number of benzene rings is 3. The molecule has 0 spiro atoms. The molecule has 3 aromatic rings. The van der Waals surface area contributed by atoms with Gasteiger partial charge in [-0.05, 0) is 45.5 Å². The molecule has 0 aliphatic heterocycles. The number of ether oxygens (including phenoxy) is 1. The van der Waals surface area contributed by atoms with E-state index < -0.39 is 0 Å². The molecule has 0 aliphatic rings. The van der Waals surface area contributed by atoms with Gasteiger partial charge in [0.1, 0.15) is 5.75 Å². The summed E-state index contributed by atoms with van der Waals surface area (Å²) in [5.41, 5.74) is 4.73. The van der Waals surface area contributed by atoms with Crippen LogP contribution in [0, 0.1) is 0 Å². The predicted octanol–water partition coefficient (Wildman–Crippen LogP) is 4.67. The summed E-state index contributed by atoms with van der Waals surface area (Å²) in [5.74, 6) is 0.364. The standard InChI is InChI=1S/C23H24N2O2/c1-23(2,3)20-10-12-21(13-11-20)27-16-22(26)25-24-15-17-8-9-18-6-4-5-7-19(18)14-17/h4-15H,16H2,1-3H3,(H,25,26). The maximum absolute atomic E-state index is 11.9. The van der Waals surface area contributed by atoms with Crippen LogP contribution in [0.4, 0.5) is 0 Å². The van der Waals surface area contributed by atoms with Crippen molar-refractivity contribution in [3.8, 4) is 5.75 Å². The van der Waals surface area contributed by atoms with Gasteiger partial charge in [0.15, 0.2) is 6.61 Å². The Morgan fingerprint density at radius 3 is 2.41 bits per heavy atom. The number of hydrogen-bond donors (Lipinski definition) is 1. The molecule has 0 fully saturated rings. The SMILES string of the molecule is CC(C)(C)c1ccc(OCC(=O)NN=Cc2ccc3ccccc3c2)cc1. The number of carbonyl (C=O) groups is 1. The average molecular weight is 360 g/mol. The fourth-order valence-electron chi connectivity index (χ4n) is 2.70. The lowest BCUT2D eigenvalue weighted by atomic mass is 9.87. The van der Waals surface area contributed by atoms with Crippen LogP contribution < -0.4 is 10.2 Å². The maximum Gasteiger partial charge on any atom is 0.277 e. The lowest BCUT2D eigenvalue weighted by Gasteiger charge is -2.19. The summed E-state index contributed by atoms with van der Waals surface area (Å²) in [6.45, 7) is 6.39. The van der Waals surface area contributed by atoms with Gasteiger partial charge in [0.25, 0.3) is 5.91 Å². The second-order valence-electron chi connectivity index (χ2n) is 7.46. The van der Waals surface area contributed by atoms with Crippen LogP contribution in [0.15, 0.2) is 71.8 Å². The first-order chi connectivity index (χ1) is 12.9. The molecule has 1 amide bonds. The Morgan fingerprint density at radius 1 is 1.00 bits per heavy atom. The number of nitrogens with zero attached hydrogens (tertiary/aromatic N) is 1. The van der Waals surface area contributed by atoms with Gasteiger partial charge >= 0.3 is 0 Å². The van der Waals surface area contributed by atoms with Crippen LogP contribution in [-0.4, -0.2) is 18.7 Å². The minimum Gasteiger partial charge on any atom is -0.484 e. The minimum atomic E-state index is -0.299. The zero-order valence-corrected chi connectivity index (χ0v) is 15.9. The number of rotatable bonds is 5. The van der Waals surface area contributed by atoms with E-state index in [-0.39, 0.29) is 17.9 Å². The van der Waals surface area contributed by atoms with Gasteiger partial charge < -0.3 is 4.74 Å². The Morgan fingerprint density at radius 2 is 1.70 bits per heavy atom. The van der Waals surface area contributed by atoms with E-state index in [0.29, 0.717) is 5.75 Å². The quantitative estimate of drug-likeness (QED) is 0.531. The number of nitrogens with one attached hydrogen (secondary N) is 1. The number of hydrogen-bond acceptors (Lipinski definition) is 3. The molecule has 0 saturated heterocycles. The van der Waals surface area contributed by atoms with Crippen molar-refractivity contribution in [3.05, 3.63) is 77.9 Å². The molecule has 0 aliphatic carbocycles. The Hall–Kier alpha value is -3.14. The average Bonchev–Trinajstić information content (AvgIpc) is 2.66. The Labute approximate surface area is 159 Å². The van der Waals surface area contributed by atoms with Crippen molar-refractivity contribution < 1.29 is 9.53 Å². The molecule has 0 radical (unpaired) electrons. The monoisotopic (exact) mass is 360 g/mol. The van der Waals surface area contributed by atoms with Crippen LogP contribution in [0.5, 0.6) is 5.75 Å². The number of amides is 1. The summed E-state index contributed by atoms with van der Waals surface area (Å²) >= 11 is 0. The van der Waals surface area contributed by atoms with Crippen molar-refractivity contribution in [2.75, 3.05) is 6.61 Å². The van der Waals surface area contributed by atoms with Gasteiger partial charge in [0, 0.05) is 0 Å². The second kappa shape index (κ2) is 8.04. The molecule has 3 rings (SSSR count). The maximum atomic E-state index is 11.9. The smallest absolute Gasteiger partial charge is 0.277 e. The Bertz CT molecular complexity index is 954. The van der Waals surface area contributed by atoms with Crippen LogP contribution in [0.3, 0.4) is 0 Å². The molecule has 4 nitrogen and oxygen atoms in total. The topological polar surface area (TPSA) is 50.7 Å². The van der Waals surface area contributed by atoms with E-state index in [1.165, 1.54) is 10.9 Å². The van der Waals surface area contributed by atoms with E-state index in [2.05, 4.69) is 37.4 Å². The Balaban J connectivity index is 1.51. The molecule has 0 aromatic heterocycles. The van der Waals surface area contributed by atoms with E-state index in [0.717, 1.165) is 10.9 Å². The highest BCUT2D eigenvalue weighted by Crippen LogP contribution is 2.24. The van der Waals surface area contributed by atoms with Crippen molar-refractivity contribution in [1.29, 1.82) is 0 Å². The molecule has 0 saturated carbocycles. The van der Waals surface area contributed by atoms with Crippen molar-refractivity contribution in [3.63, 3.8) is 0 Å². The summed E-state index contributed by atoms with van der Waals surface area (Å²) in [5, 5.41) is 6.31. The highest BCUT2D eigenvalue weighted by Gasteiger charge is 2.13. The van der Waals surface area contributed by atoms with Gasteiger partial charge in [-0.25, -0.2) is 5.43 Å². The van der Waals surface area contributed by atoms with Gasteiger partial charge in [0.2, 0.25) is 0 Å². The first-order valence-electron chi connectivity index (χ1n) is 8.96. The van der Waals surface area contributed by atoms with Crippen molar-refractivity contribution in [1.82, 2.24) is 5.43 Å². The van der Waals surface area contributed by atoms with E-state index in [1.807, 2.05) is 60.7 Å². The van der Waals surface area contributed by atoms with Gasteiger partial charge in [-0.3, -0.25) is 4.79 Å². The van der Waals surface area contributed by atoms with Crippen LogP contribution in [0.25, 0.3) is 10.8 Å². The summed E-state index contributed by atoms with van der Waals surface area (Å²) in [7, 11) is 0. The molecule has 0 heterocycles. The number of carbonyl (C=O) groups excluding carboxylic acids is 1. The lowest BCUT2D eigenvalue weighted by Crippen LogP contribution is -2.24. The fourth-order valence-corrected chi connectivity index (χ4v) is 2.70. The molecule has 3 aromatic carbocycles. The van der Waals surface area contributed by atoms with E-state index in [9.17, 15) is 4.79 Å². The van der Waals surface area contributed by atoms with Gasteiger partial charge in [-0.1, -0.05) is 69.3 Å². The van der Waals surface area contributed by atoms with Crippen LogP contribution in [0.2, 0.25) is 0 Å². The largest absolute Gasteiger partial charge is 0.484 e. The zero-order valence-electron chi connectivity index (χ0n) is 15.9. The van der Waals surface area contributed by atoms with Crippen molar-refractivity contribution in [2.45, 2.75) is 26.2 Å². The predicted molar refractivity (Wildman–Crippen MR) is 110 cm³/mol. The van der Waals surface area contributed by atoms with E-state index in [4.69, 9.17) is 4.74 Å². The first-order valence-corrected chi connectivity index (χ1v) is 8.96. The van der Waals surface area contributed by atoms with Gasteiger partial charge in [-0.2, -0.15) is 5.10 Å². The summed E-state index contributed by atoms with van der Waals surface area (Å²) in [6.07, 6.45) is 1.63. The molecule has 0 atom stereocenters. The summed E-state index contributed by atoms with van der Waals surface area (Å²) < 4.78 is 5.51. The molecular formula is C23H24N2O2. The molecule has 27 heavy (non-hydrogen) atoms. The third-order valence-corrected chi connectivity index (χ3v) is 4.27. The van der Waals surface area contributed by atoms with E-state index in [1.54, 1.807) is 6.21 Å². The highest BCUT2D eigenvalue weighted by molar-refractivity contribution is 5.90. The van der Waals surface area contributed by atoms with Gasteiger partial charge in [0.05, 0.1) is 6.21 Å². The third kappa shape index (κ3) is 5.17. The molecule has 0 unspecified atom stereocenters. The molecule has 138 valence electrons. The fraction of sp³-hybridized carbons (Fsp3) is 0.217. The molecule has 4 heteroatoms. The lowest BCUT2D eigenvalue weighted by molar-refractivity contribution is -0.123. The van der Waals surface area contributed by atoms with Crippen molar-refractivity contribution in [2.24, 2.45) is 5.10 Å². The van der Waals surface area contributed by atoms with E-state index >= 15 is 0 Å². The molecule has 0 bridgehead atoms. The normalized spacial score (nSPS) is 11.7. The molecule has 1 N–H and O–H groups in total. The zero-order chi connectivity index (χ0) is 19.3.